The van der Waals surface area contributed by atoms with Crippen LogP contribution in [0.4, 0.5) is 0 Å². The van der Waals surface area contributed by atoms with Gasteiger partial charge in [0.25, 0.3) is 0 Å². The van der Waals surface area contributed by atoms with Crippen LogP contribution in [0.5, 0.6) is 0 Å². The van der Waals surface area contributed by atoms with E-state index in [1.807, 2.05) is 41.3 Å². The average molecular weight is 280 g/mol. The molecule has 1 atom stereocenters. The fraction of sp³-hybridized carbons (Fsp3) is 0.250. The molecule has 1 aromatic heterocycles. The Morgan fingerprint density at radius 2 is 2.19 bits per heavy atom. The van der Waals surface area contributed by atoms with Crippen LogP contribution >= 0.6 is 15.9 Å². The highest BCUT2D eigenvalue weighted by molar-refractivity contribution is 9.10. The fourth-order valence-electron chi connectivity index (χ4n) is 1.50. The molecule has 1 aromatic carbocycles. The number of aromatic nitrogens is 2. The van der Waals surface area contributed by atoms with Crippen molar-refractivity contribution in [3.05, 3.63) is 46.7 Å². The number of para-hydroxylation sites is 1. The van der Waals surface area contributed by atoms with E-state index < -0.39 is 0 Å². The first kappa shape index (κ1) is 11.4. The molecule has 84 valence electrons. The minimum atomic E-state index is 0.344. The van der Waals surface area contributed by atoms with Gasteiger partial charge in [0.2, 0.25) is 0 Å². The van der Waals surface area contributed by atoms with E-state index in [4.69, 9.17) is 5.73 Å². The first-order chi connectivity index (χ1) is 7.72. The number of benzene rings is 1. The van der Waals surface area contributed by atoms with Crippen molar-refractivity contribution in [1.29, 1.82) is 0 Å². The zero-order chi connectivity index (χ0) is 11.5. The first-order valence-electron chi connectivity index (χ1n) is 5.22. The Morgan fingerprint density at radius 3 is 2.88 bits per heavy atom. The second kappa shape index (κ2) is 4.80. The molecule has 1 heterocycles. The molecule has 0 aliphatic carbocycles. The summed E-state index contributed by atoms with van der Waals surface area (Å²) in [7, 11) is 0. The van der Waals surface area contributed by atoms with Crippen molar-refractivity contribution in [1.82, 2.24) is 9.78 Å². The van der Waals surface area contributed by atoms with Crippen molar-refractivity contribution in [2.45, 2.75) is 12.8 Å². The number of hydrogen-bond acceptors (Lipinski definition) is 2. The Balaban J connectivity index is 2.35. The van der Waals surface area contributed by atoms with Gasteiger partial charge in [-0.1, -0.05) is 19.1 Å². The summed E-state index contributed by atoms with van der Waals surface area (Å²) in [5, 5.41) is 4.35. The van der Waals surface area contributed by atoms with Gasteiger partial charge in [0, 0.05) is 10.7 Å². The van der Waals surface area contributed by atoms with E-state index in [-0.39, 0.29) is 0 Å². The molecule has 0 radical (unpaired) electrons. The summed E-state index contributed by atoms with van der Waals surface area (Å²) in [5.74, 6) is 0.344. The van der Waals surface area contributed by atoms with Crippen molar-refractivity contribution in [3.8, 4) is 5.69 Å². The Hall–Kier alpha value is -1.13. The maximum atomic E-state index is 5.64. The molecular formula is C12H14BrN3. The van der Waals surface area contributed by atoms with Gasteiger partial charge in [0.05, 0.1) is 11.9 Å². The highest BCUT2D eigenvalue weighted by atomic mass is 79.9. The van der Waals surface area contributed by atoms with E-state index in [0.29, 0.717) is 12.5 Å². The van der Waals surface area contributed by atoms with Crippen LogP contribution in [0.3, 0.4) is 0 Å². The van der Waals surface area contributed by atoms with Crippen LogP contribution in [0.1, 0.15) is 18.4 Å². The standard InChI is InChI=1S/C12H14BrN3/c1-9(6-14)10-7-15-16(8-10)12-5-3-2-4-11(12)13/h2-5,7-9H,6,14H2,1H3. The summed E-state index contributed by atoms with van der Waals surface area (Å²) in [5.41, 5.74) is 7.84. The van der Waals surface area contributed by atoms with Crippen molar-refractivity contribution in [2.75, 3.05) is 6.54 Å². The van der Waals surface area contributed by atoms with Gasteiger partial charge in [-0.2, -0.15) is 5.10 Å². The normalized spacial score (nSPS) is 12.7. The van der Waals surface area contributed by atoms with Crippen molar-refractivity contribution < 1.29 is 0 Å². The molecule has 0 spiro atoms. The van der Waals surface area contributed by atoms with Gasteiger partial charge in [-0.25, -0.2) is 4.68 Å². The lowest BCUT2D eigenvalue weighted by molar-refractivity contribution is 0.773. The number of halogens is 1. The van der Waals surface area contributed by atoms with E-state index in [0.717, 1.165) is 10.2 Å². The van der Waals surface area contributed by atoms with Crippen molar-refractivity contribution in [3.63, 3.8) is 0 Å². The zero-order valence-electron chi connectivity index (χ0n) is 9.10. The molecule has 0 aliphatic heterocycles. The van der Waals surface area contributed by atoms with Gasteiger partial charge < -0.3 is 5.73 Å². The SMILES string of the molecule is CC(CN)c1cnn(-c2ccccc2Br)c1. The molecule has 0 fully saturated rings. The predicted octanol–water partition coefficient (Wildman–Crippen LogP) is 2.70. The number of nitrogens with zero attached hydrogens (tertiary/aromatic N) is 2. The van der Waals surface area contributed by atoms with Gasteiger partial charge in [0.15, 0.2) is 0 Å². The zero-order valence-corrected chi connectivity index (χ0v) is 10.7. The smallest absolute Gasteiger partial charge is 0.0787 e. The van der Waals surface area contributed by atoms with Crippen LogP contribution in [-0.4, -0.2) is 16.3 Å². The van der Waals surface area contributed by atoms with Gasteiger partial charge in [0.1, 0.15) is 0 Å². The summed E-state index contributed by atoms with van der Waals surface area (Å²) in [4.78, 5) is 0. The Morgan fingerprint density at radius 1 is 1.44 bits per heavy atom. The van der Waals surface area contributed by atoms with E-state index in [1.54, 1.807) is 0 Å². The summed E-state index contributed by atoms with van der Waals surface area (Å²) < 4.78 is 2.90. The molecule has 2 rings (SSSR count). The minimum absolute atomic E-state index is 0.344. The molecule has 0 amide bonds. The maximum Gasteiger partial charge on any atom is 0.0787 e. The lowest BCUT2D eigenvalue weighted by atomic mass is 10.1. The third-order valence-electron chi connectivity index (χ3n) is 2.62. The quantitative estimate of drug-likeness (QED) is 0.939. The van der Waals surface area contributed by atoms with Crippen LogP contribution in [-0.2, 0) is 0 Å². The van der Waals surface area contributed by atoms with Crippen molar-refractivity contribution in [2.24, 2.45) is 5.73 Å². The molecule has 0 saturated carbocycles. The van der Waals surface area contributed by atoms with Gasteiger partial charge in [-0.3, -0.25) is 0 Å². The number of rotatable bonds is 3. The highest BCUT2D eigenvalue weighted by Crippen LogP contribution is 2.21. The van der Waals surface area contributed by atoms with Gasteiger partial charge in [-0.05, 0) is 46.1 Å². The average Bonchev–Trinajstić information content (AvgIpc) is 2.78. The van der Waals surface area contributed by atoms with Crippen LogP contribution in [0.2, 0.25) is 0 Å². The third-order valence-corrected chi connectivity index (χ3v) is 3.29. The molecule has 0 aliphatic rings. The first-order valence-corrected chi connectivity index (χ1v) is 6.01. The van der Waals surface area contributed by atoms with Crippen LogP contribution in [0.15, 0.2) is 41.1 Å². The van der Waals surface area contributed by atoms with Crippen LogP contribution in [0.25, 0.3) is 5.69 Å². The summed E-state index contributed by atoms with van der Waals surface area (Å²) in [6, 6.07) is 8.01. The Labute approximate surface area is 103 Å². The molecule has 16 heavy (non-hydrogen) atoms. The molecule has 1 unspecified atom stereocenters. The van der Waals surface area contributed by atoms with Crippen molar-refractivity contribution >= 4 is 15.9 Å². The predicted molar refractivity (Wildman–Crippen MR) is 68.7 cm³/mol. The topological polar surface area (TPSA) is 43.8 Å². The largest absolute Gasteiger partial charge is 0.330 e. The highest BCUT2D eigenvalue weighted by Gasteiger charge is 2.08. The Kier molecular flexibility index (Phi) is 3.41. The van der Waals surface area contributed by atoms with Crippen LogP contribution < -0.4 is 5.73 Å². The lowest BCUT2D eigenvalue weighted by Gasteiger charge is -2.05. The van der Waals surface area contributed by atoms with E-state index in [1.165, 1.54) is 5.56 Å². The molecule has 0 bridgehead atoms. The van der Waals surface area contributed by atoms with E-state index in [2.05, 4.69) is 28.0 Å². The molecule has 0 saturated heterocycles. The molecule has 3 nitrogen and oxygen atoms in total. The number of nitrogens with two attached hydrogens (primary N) is 1. The molecule has 4 heteroatoms. The second-order valence-electron chi connectivity index (χ2n) is 3.81. The summed E-state index contributed by atoms with van der Waals surface area (Å²) in [6.07, 6.45) is 3.90. The van der Waals surface area contributed by atoms with Crippen LogP contribution in [0, 0.1) is 0 Å². The second-order valence-corrected chi connectivity index (χ2v) is 4.66. The fourth-order valence-corrected chi connectivity index (χ4v) is 1.96. The molecular weight excluding hydrogens is 266 g/mol. The van der Waals surface area contributed by atoms with E-state index >= 15 is 0 Å². The summed E-state index contributed by atoms with van der Waals surface area (Å²) in [6.45, 7) is 2.74. The van der Waals surface area contributed by atoms with Gasteiger partial charge >= 0.3 is 0 Å². The Bertz CT molecular complexity index is 479. The minimum Gasteiger partial charge on any atom is -0.330 e. The van der Waals surface area contributed by atoms with Gasteiger partial charge in [-0.15, -0.1) is 0 Å². The number of hydrogen-bond donors (Lipinski definition) is 1. The van der Waals surface area contributed by atoms with E-state index in [9.17, 15) is 0 Å². The molecule has 2 N–H and O–H groups in total. The maximum absolute atomic E-state index is 5.64. The lowest BCUT2D eigenvalue weighted by Crippen LogP contribution is -2.07. The summed E-state index contributed by atoms with van der Waals surface area (Å²) >= 11 is 3.51. The molecule has 2 aromatic rings. The third kappa shape index (κ3) is 2.18. The monoisotopic (exact) mass is 279 g/mol.